The number of amides is 1. The maximum Gasteiger partial charge on any atom is 0.410 e. The van der Waals surface area contributed by atoms with Crippen molar-refractivity contribution in [3.8, 4) is 0 Å². The largest absolute Gasteiger partial charge is 0.460 e. The van der Waals surface area contributed by atoms with E-state index in [0.717, 1.165) is 24.0 Å². The highest BCUT2D eigenvalue weighted by molar-refractivity contribution is 5.73. The average molecular weight is 395 g/mol. The average Bonchev–Trinajstić information content (AvgIpc) is 2.75. The van der Waals surface area contributed by atoms with Gasteiger partial charge in [0.2, 0.25) is 0 Å². The summed E-state index contributed by atoms with van der Waals surface area (Å²) in [5, 5.41) is 0. The predicted molar refractivity (Wildman–Crippen MR) is 111 cm³/mol. The summed E-state index contributed by atoms with van der Waals surface area (Å²) in [6.45, 7) is 4.52. The van der Waals surface area contributed by atoms with Gasteiger partial charge in [-0.3, -0.25) is 9.69 Å². The number of benzene rings is 2. The first-order valence-electron chi connectivity index (χ1n) is 10.3. The summed E-state index contributed by atoms with van der Waals surface area (Å²) >= 11 is 0. The molecule has 3 rings (SSSR count). The summed E-state index contributed by atoms with van der Waals surface area (Å²) in [6.07, 6.45) is 1.51. The molecule has 1 heterocycles. The highest BCUT2D eigenvalue weighted by Crippen LogP contribution is 2.27. The molecule has 0 aliphatic carbocycles. The van der Waals surface area contributed by atoms with Crippen molar-refractivity contribution in [1.82, 2.24) is 4.90 Å². The van der Waals surface area contributed by atoms with Gasteiger partial charge in [0.15, 0.2) is 0 Å². The number of carbonyl (C=O) groups is 2. The van der Waals surface area contributed by atoms with Crippen molar-refractivity contribution in [3.05, 3.63) is 71.8 Å². The Morgan fingerprint density at radius 3 is 2.28 bits per heavy atom. The molecule has 1 amide bonds. The summed E-state index contributed by atoms with van der Waals surface area (Å²) in [7, 11) is 0. The maximum atomic E-state index is 13.1. The van der Waals surface area contributed by atoms with Crippen LogP contribution in [0.1, 0.15) is 44.2 Å². The van der Waals surface area contributed by atoms with Gasteiger partial charge in [-0.1, -0.05) is 74.5 Å². The predicted octanol–water partition coefficient (Wildman–Crippen LogP) is 4.95. The molecule has 2 aromatic rings. The maximum absolute atomic E-state index is 13.1. The van der Waals surface area contributed by atoms with Crippen LogP contribution in [-0.2, 0) is 27.4 Å². The third kappa shape index (κ3) is 5.59. The number of cyclic esters (lactones) is 1. The van der Waals surface area contributed by atoms with E-state index in [9.17, 15) is 9.59 Å². The Kier molecular flexibility index (Phi) is 7.28. The molecular formula is C24H29NO4. The molecule has 5 nitrogen and oxygen atoms in total. The normalized spacial score (nSPS) is 19.9. The number of hydrogen-bond donors (Lipinski definition) is 0. The monoisotopic (exact) mass is 395 g/mol. The Balaban J connectivity index is 1.77. The van der Waals surface area contributed by atoms with Crippen LogP contribution in [0.2, 0.25) is 0 Å². The second-order valence-corrected chi connectivity index (χ2v) is 7.58. The Morgan fingerprint density at radius 1 is 1.07 bits per heavy atom. The molecule has 0 N–H and O–H groups in total. The summed E-state index contributed by atoms with van der Waals surface area (Å²) in [5.74, 6) is -0.270. The molecule has 0 saturated carbocycles. The highest BCUT2D eigenvalue weighted by atomic mass is 16.6. The second-order valence-electron chi connectivity index (χ2n) is 7.58. The Bertz CT molecular complexity index is 793. The minimum Gasteiger partial charge on any atom is -0.460 e. The third-order valence-corrected chi connectivity index (χ3v) is 5.44. The minimum absolute atomic E-state index is 0.0867. The van der Waals surface area contributed by atoms with Crippen LogP contribution in [0.4, 0.5) is 4.79 Å². The first-order chi connectivity index (χ1) is 14.1. The van der Waals surface area contributed by atoms with Gasteiger partial charge in [-0.25, -0.2) is 4.79 Å². The lowest BCUT2D eigenvalue weighted by atomic mass is 9.93. The van der Waals surface area contributed by atoms with Crippen LogP contribution >= 0.6 is 0 Å². The molecule has 29 heavy (non-hydrogen) atoms. The second kappa shape index (κ2) is 10.1. The van der Waals surface area contributed by atoms with Gasteiger partial charge in [0, 0.05) is 6.54 Å². The molecule has 0 aromatic heterocycles. The molecule has 1 aliphatic rings. The lowest BCUT2D eigenvalue weighted by Crippen LogP contribution is -2.50. The summed E-state index contributed by atoms with van der Waals surface area (Å²) < 4.78 is 11.3. The van der Waals surface area contributed by atoms with Gasteiger partial charge in [-0.05, 0) is 30.4 Å². The number of nitrogens with zero attached hydrogens (tertiary/aromatic N) is 1. The number of ether oxygens (including phenoxy) is 2. The van der Waals surface area contributed by atoms with Gasteiger partial charge < -0.3 is 9.47 Å². The van der Waals surface area contributed by atoms with Crippen molar-refractivity contribution in [3.63, 3.8) is 0 Å². The molecular weight excluding hydrogens is 366 g/mol. The third-order valence-electron chi connectivity index (χ3n) is 5.44. The molecule has 1 aliphatic heterocycles. The van der Waals surface area contributed by atoms with Crippen LogP contribution in [0.5, 0.6) is 0 Å². The fourth-order valence-electron chi connectivity index (χ4n) is 3.71. The SMILES string of the molecule is CCC(C1CCC(C)C(=O)O1)N(Cc1ccccc1)C(=O)OCc1ccccc1. The zero-order valence-corrected chi connectivity index (χ0v) is 17.1. The van der Waals surface area contributed by atoms with Gasteiger partial charge in [0.25, 0.3) is 0 Å². The van der Waals surface area contributed by atoms with E-state index in [-0.39, 0.29) is 36.7 Å². The van der Waals surface area contributed by atoms with E-state index in [4.69, 9.17) is 9.47 Å². The molecule has 0 spiro atoms. The van der Waals surface area contributed by atoms with Crippen LogP contribution in [0.3, 0.4) is 0 Å². The van der Waals surface area contributed by atoms with Crippen molar-refractivity contribution in [2.24, 2.45) is 5.92 Å². The van der Waals surface area contributed by atoms with Crippen LogP contribution < -0.4 is 0 Å². The van der Waals surface area contributed by atoms with Crippen molar-refractivity contribution < 1.29 is 19.1 Å². The van der Waals surface area contributed by atoms with Gasteiger partial charge in [0.05, 0.1) is 12.0 Å². The minimum atomic E-state index is -0.390. The lowest BCUT2D eigenvalue weighted by Gasteiger charge is -2.38. The lowest BCUT2D eigenvalue weighted by molar-refractivity contribution is -0.164. The molecule has 1 fully saturated rings. The van der Waals surface area contributed by atoms with Crippen LogP contribution in [0.15, 0.2) is 60.7 Å². The zero-order valence-electron chi connectivity index (χ0n) is 17.1. The molecule has 1 saturated heterocycles. The molecule has 0 bridgehead atoms. The number of hydrogen-bond acceptors (Lipinski definition) is 4. The highest BCUT2D eigenvalue weighted by Gasteiger charge is 2.37. The van der Waals surface area contributed by atoms with Crippen molar-refractivity contribution in [2.75, 3.05) is 0 Å². The summed E-state index contributed by atoms with van der Waals surface area (Å²) in [5.41, 5.74) is 1.95. The molecule has 154 valence electrons. The molecule has 3 atom stereocenters. The number of esters is 1. The fourth-order valence-corrected chi connectivity index (χ4v) is 3.71. The Morgan fingerprint density at radius 2 is 1.69 bits per heavy atom. The van der Waals surface area contributed by atoms with E-state index < -0.39 is 0 Å². The van der Waals surface area contributed by atoms with Crippen molar-refractivity contribution >= 4 is 12.1 Å². The molecule has 5 heteroatoms. The van der Waals surface area contributed by atoms with E-state index >= 15 is 0 Å². The molecule has 3 unspecified atom stereocenters. The molecule has 0 radical (unpaired) electrons. The Labute approximate surface area is 172 Å². The Hall–Kier alpha value is -2.82. The topological polar surface area (TPSA) is 55.8 Å². The summed E-state index contributed by atoms with van der Waals surface area (Å²) in [6, 6.07) is 19.2. The van der Waals surface area contributed by atoms with Gasteiger partial charge in [0.1, 0.15) is 12.7 Å². The fraction of sp³-hybridized carbons (Fsp3) is 0.417. The van der Waals surface area contributed by atoms with E-state index in [1.807, 2.05) is 74.5 Å². The van der Waals surface area contributed by atoms with E-state index in [1.54, 1.807) is 4.90 Å². The van der Waals surface area contributed by atoms with Gasteiger partial charge in [-0.15, -0.1) is 0 Å². The number of carbonyl (C=O) groups excluding carboxylic acids is 2. The first-order valence-corrected chi connectivity index (χ1v) is 10.3. The van der Waals surface area contributed by atoms with Crippen molar-refractivity contribution in [1.29, 1.82) is 0 Å². The van der Waals surface area contributed by atoms with Gasteiger partial charge in [-0.2, -0.15) is 0 Å². The zero-order chi connectivity index (χ0) is 20.6. The number of rotatable bonds is 7. The van der Waals surface area contributed by atoms with Crippen LogP contribution in [-0.4, -0.2) is 29.1 Å². The van der Waals surface area contributed by atoms with Crippen LogP contribution in [0, 0.1) is 5.92 Å². The van der Waals surface area contributed by atoms with Gasteiger partial charge >= 0.3 is 12.1 Å². The van der Waals surface area contributed by atoms with Crippen LogP contribution in [0.25, 0.3) is 0 Å². The van der Waals surface area contributed by atoms with E-state index in [1.165, 1.54) is 0 Å². The molecule has 2 aromatic carbocycles. The van der Waals surface area contributed by atoms with E-state index in [0.29, 0.717) is 13.0 Å². The quantitative estimate of drug-likeness (QED) is 0.623. The van der Waals surface area contributed by atoms with Crippen molar-refractivity contribution in [2.45, 2.75) is 58.4 Å². The first kappa shape index (κ1) is 20.9. The standard InChI is InChI=1S/C24H29NO4/c1-3-21(22-15-14-18(2)23(26)29-22)25(16-19-10-6-4-7-11-19)24(27)28-17-20-12-8-5-9-13-20/h4-13,18,21-22H,3,14-17H2,1-2H3. The van der Waals surface area contributed by atoms with E-state index in [2.05, 4.69) is 0 Å². The smallest absolute Gasteiger partial charge is 0.410 e. The summed E-state index contributed by atoms with van der Waals surface area (Å²) in [4.78, 5) is 26.9.